The van der Waals surface area contributed by atoms with Crippen molar-refractivity contribution in [2.75, 3.05) is 67.6 Å². The summed E-state index contributed by atoms with van der Waals surface area (Å²) in [5, 5.41) is 6.62. The summed E-state index contributed by atoms with van der Waals surface area (Å²) in [6, 6.07) is 7.79. The Morgan fingerprint density at radius 1 is 1.18 bits per heavy atom. The molecule has 0 atom stereocenters. The molecule has 1 aromatic carbocycles. The lowest BCUT2D eigenvalue weighted by Crippen LogP contribution is -2.39. The zero-order valence-corrected chi connectivity index (χ0v) is 20.2. The third kappa shape index (κ3) is 10.8. The van der Waals surface area contributed by atoms with E-state index in [4.69, 9.17) is 4.74 Å². The van der Waals surface area contributed by atoms with Gasteiger partial charge in [0, 0.05) is 52.9 Å². The van der Waals surface area contributed by atoms with Crippen molar-refractivity contribution in [2.45, 2.75) is 13.3 Å². The average molecular weight is 505 g/mol. The highest BCUT2D eigenvalue weighted by Crippen LogP contribution is 2.07. The summed E-state index contributed by atoms with van der Waals surface area (Å²) in [5.41, 5.74) is 1.85. The Kier molecular flexibility index (Phi) is 14.8. The van der Waals surface area contributed by atoms with Crippen LogP contribution in [0.4, 0.5) is 0 Å². The van der Waals surface area contributed by atoms with Crippen LogP contribution >= 0.6 is 24.0 Å². The minimum absolute atomic E-state index is 0. The number of halogens is 1. The quantitative estimate of drug-likeness (QED) is 0.272. The van der Waals surface area contributed by atoms with E-state index in [-0.39, 0.29) is 29.9 Å². The number of methoxy groups -OCH3 is 1. The molecule has 1 aromatic rings. The van der Waals surface area contributed by atoms with E-state index >= 15 is 0 Å². The van der Waals surface area contributed by atoms with Crippen LogP contribution in [0.15, 0.2) is 29.3 Å². The van der Waals surface area contributed by atoms with Gasteiger partial charge in [0.05, 0.1) is 13.2 Å². The summed E-state index contributed by atoms with van der Waals surface area (Å²) in [7, 11) is 7.31. The number of hydrogen-bond donors (Lipinski definition) is 2. The molecule has 0 spiro atoms. The van der Waals surface area contributed by atoms with Crippen molar-refractivity contribution in [2.24, 2.45) is 4.99 Å². The zero-order chi connectivity index (χ0) is 20.1. The highest BCUT2D eigenvalue weighted by atomic mass is 127. The van der Waals surface area contributed by atoms with E-state index in [1.54, 1.807) is 26.1 Å². The second kappa shape index (κ2) is 15.5. The van der Waals surface area contributed by atoms with Crippen molar-refractivity contribution in [3.05, 3.63) is 35.4 Å². The molecule has 1 rings (SSSR count). The van der Waals surface area contributed by atoms with E-state index in [1.165, 1.54) is 0 Å². The molecule has 0 aliphatic heterocycles. The minimum atomic E-state index is 0. The van der Waals surface area contributed by atoms with Gasteiger partial charge in [0.15, 0.2) is 5.96 Å². The summed E-state index contributed by atoms with van der Waals surface area (Å²) < 4.78 is 5.08. The standard InChI is InChI=1S/C20H35N5O2.HI/c1-6-21-20(23-12-13-25(4)14-15-27-5)22-11-10-17-8-7-9-18(16-17)19(26)24(2)3;/h7-9,16H,6,10-15H2,1-5H3,(H2,21,22,23);1H. The van der Waals surface area contributed by atoms with Crippen LogP contribution in [0.25, 0.3) is 0 Å². The Hall–Kier alpha value is -1.39. The van der Waals surface area contributed by atoms with Gasteiger partial charge < -0.3 is 25.2 Å². The summed E-state index contributed by atoms with van der Waals surface area (Å²) in [4.78, 5) is 20.5. The number of likely N-dealkylation sites (N-methyl/N-ethyl adjacent to an activating group) is 1. The molecular formula is C20H36IN5O2. The molecule has 28 heavy (non-hydrogen) atoms. The van der Waals surface area contributed by atoms with Gasteiger partial charge in [-0.3, -0.25) is 9.79 Å². The van der Waals surface area contributed by atoms with Gasteiger partial charge in [-0.15, -0.1) is 24.0 Å². The Bertz CT molecular complexity index is 596. The molecule has 160 valence electrons. The first-order valence-corrected chi connectivity index (χ1v) is 9.48. The number of carbonyl (C=O) groups excluding carboxylic acids is 1. The van der Waals surface area contributed by atoms with Gasteiger partial charge >= 0.3 is 0 Å². The van der Waals surface area contributed by atoms with Gasteiger partial charge in [-0.1, -0.05) is 12.1 Å². The second-order valence-corrected chi connectivity index (χ2v) is 6.63. The van der Waals surface area contributed by atoms with Crippen LogP contribution in [0.2, 0.25) is 0 Å². The molecule has 2 N–H and O–H groups in total. The number of nitrogens with zero attached hydrogens (tertiary/aromatic N) is 3. The van der Waals surface area contributed by atoms with Gasteiger partial charge in [-0.2, -0.15) is 0 Å². The van der Waals surface area contributed by atoms with E-state index in [1.807, 2.05) is 24.3 Å². The number of ether oxygens (including phenoxy) is 1. The first-order chi connectivity index (χ1) is 13.0. The van der Waals surface area contributed by atoms with Gasteiger partial charge in [-0.25, -0.2) is 0 Å². The molecule has 0 radical (unpaired) electrons. The number of carbonyl (C=O) groups is 1. The molecular weight excluding hydrogens is 469 g/mol. The maximum Gasteiger partial charge on any atom is 0.253 e. The fourth-order valence-corrected chi connectivity index (χ4v) is 2.48. The molecule has 8 heteroatoms. The largest absolute Gasteiger partial charge is 0.383 e. The van der Waals surface area contributed by atoms with Gasteiger partial charge in [0.25, 0.3) is 5.91 Å². The zero-order valence-electron chi connectivity index (χ0n) is 17.8. The monoisotopic (exact) mass is 505 g/mol. The average Bonchev–Trinajstić information content (AvgIpc) is 2.66. The van der Waals surface area contributed by atoms with Crippen molar-refractivity contribution < 1.29 is 9.53 Å². The maximum absolute atomic E-state index is 12.1. The van der Waals surface area contributed by atoms with Crippen LogP contribution in [0.3, 0.4) is 0 Å². The smallest absolute Gasteiger partial charge is 0.253 e. The molecule has 0 aromatic heterocycles. The molecule has 0 aliphatic rings. The lowest BCUT2D eigenvalue weighted by Gasteiger charge is -2.16. The van der Waals surface area contributed by atoms with E-state index in [9.17, 15) is 4.79 Å². The number of guanidine groups is 1. The van der Waals surface area contributed by atoms with Gasteiger partial charge in [0.2, 0.25) is 0 Å². The van der Waals surface area contributed by atoms with Crippen molar-refractivity contribution in [1.29, 1.82) is 0 Å². The number of benzene rings is 1. The first kappa shape index (κ1) is 26.6. The Labute approximate surface area is 186 Å². The molecule has 0 aliphatic carbocycles. The molecule has 7 nitrogen and oxygen atoms in total. The van der Waals surface area contributed by atoms with E-state index in [0.717, 1.165) is 62.8 Å². The summed E-state index contributed by atoms with van der Waals surface area (Å²) in [6.07, 6.45) is 0.826. The van der Waals surface area contributed by atoms with Gasteiger partial charge in [-0.05, 0) is 38.1 Å². The second-order valence-electron chi connectivity index (χ2n) is 6.63. The van der Waals surface area contributed by atoms with Crippen molar-refractivity contribution in [1.82, 2.24) is 20.4 Å². The maximum atomic E-state index is 12.1. The van der Waals surface area contributed by atoms with Crippen molar-refractivity contribution in [3.8, 4) is 0 Å². The molecule has 0 saturated carbocycles. The first-order valence-electron chi connectivity index (χ1n) is 9.48. The van der Waals surface area contributed by atoms with Gasteiger partial charge in [0.1, 0.15) is 0 Å². The van der Waals surface area contributed by atoms with Crippen LogP contribution in [-0.2, 0) is 11.2 Å². The van der Waals surface area contributed by atoms with E-state index in [0.29, 0.717) is 0 Å². The number of hydrogen-bond acceptors (Lipinski definition) is 4. The molecule has 0 unspecified atom stereocenters. The molecule has 1 amide bonds. The van der Waals surface area contributed by atoms with Crippen LogP contribution < -0.4 is 10.6 Å². The number of aliphatic imine (C=N–C) groups is 1. The fourth-order valence-electron chi connectivity index (χ4n) is 2.48. The molecule has 0 saturated heterocycles. The van der Waals surface area contributed by atoms with Crippen LogP contribution in [0, 0.1) is 0 Å². The van der Waals surface area contributed by atoms with Crippen LogP contribution in [0.5, 0.6) is 0 Å². The molecule has 0 bridgehead atoms. The SMILES string of the molecule is CCNC(=NCCN(C)CCOC)NCCc1cccc(C(=O)N(C)C)c1.I. The lowest BCUT2D eigenvalue weighted by molar-refractivity contribution is 0.0827. The third-order valence-corrected chi connectivity index (χ3v) is 4.06. The Morgan fingerprint density at radius 3 is 2.57 bits per heavy atom. The van der Waals surface area contributed by atoms with Crippen LogP contribution in [0.1, 0.15) is 22.8 Å². The lowest BCUT2D eigenvalue weighted by atomic mass is 10.1. The minimum Gasteiger partial charge on any atom is -0.383 e. The highest BCUT2D eigenvalue weighted by Gasteiger charge is 2.08. The Balaban J connectivity index is 0.00000729. The fraction of sp³-hybridized carbons (Fsp3) is 0.600. The van der Waals surface area contributed by atoms with E-state index in [2.05, 4.69) is 34.5 Å². The normalized spacial score (nSPS) is 11.1. The summed E-state index contributed by atoms with van der Waals surface area (Å²) in [5.74, 6) is 0.843. The third-order valence-electron chi connectivity index (χ3n) is 4.06. The predicted octanol–water partition coefficient (Wildman–Crippen LogP) is 1.68. The summed E-state index contributed by atoms with van der Waals surface area (Å²) in [6.45, 7) is 6.87. The van der Waals surface area contributed by atoms with Crippen molar-refractivity contribution >= 4 is 35.8 Å². The topological polar surface area (TPSA) is 69.2 Å². The summed E-state index contributed by atoms with van der Waals surface area (Å²) >= 11 is 0. The van der Waals surface area contributed by atoms with E-state index < -0.39 is 0 Å². The number of rotatable bonds is 11. The predicted molar refractivity (Wildman–Crippen MR) is 127 cm³/mol. The number of nitrogens with one attached hydrogen (secondary N) is 2. The Morgan fingerprint density at radius 2 is 1.93 bits per heavy atom. The van der Waals surface area contributed by atoms with Crippen molar-refractivity contribution in [3.63, 3.8) is 0 Å². The highest BCUT2D eigenvalue weighted by molar-refractivity contribution is 14.0. The molecule has 0 heterocycles. The van der Waals surface area contributed by atoms with Crippen LogP contribution in [-0.4, -0.2) is 89.3 Å². The number of amides is 1. The molecule has 0 fully saturated rings.